The highest BCUT2D eigenvalue weighted by Crippen LogP contribution is 2.21. The van der Waals surface area contributed by atoms with Gasteiger partial charge in [0.1, 0.15) is 11.4 Å². The van der Waals surface area contributed by atoms with Crippen LogP contribution in [0.5, 0.6) is 5.75 Å². The third-order valence-electron chi connectivity index (χ3n) is 3.64. The molecule has 1 heterocycles. The van der Waals surface area contributed by atoms with E-state index in [1.807, 2.05) is 18.2 Å². The number of carbonyl (C=O) groups is 2. The van der Waals surface area contributed by atoms with Crippen LogP contribution in [0.3, 0.4) is 0 Å². The second kappa shape index (κ2) is 8.10. The van der Waals surface area contributed by atoms with E-state index in [4.69, 9.17) is 4.74 Å². The van der Waals surface area contributed by atoms with E-state index < -0.39 is 11.9 Å². The van der Waals surface area contributed by atoms with E-state index in [1.165, 1.54) is 0 Å². The second-order valence-corrected chi connectivity index (χ2v) is 5.43. The first-order chi connectivity index (χ1) is 11.5. The summed E-state index contributed by atoms with van der Waals surface area (Å²) in [5, 5.41) is 12.1. The molecule has 0 fully saturated rings. The predicted molar refractivity (Wildman–Crippen MR) is 89.1 cm³/mol. The molecular formula is C18H20N2O4. The highest BCUT2D eigenvalue weighted by molar-refractivity contribution is 5.92. The Morgan fingerprint density at radius 3 is 2.62 bits per heavy atom. The molecule has 0 bridgehead atoms. The first-order valence-corrected chi connectivity index (χ1v) is 7.58. The number of carboxylic acids is 1. The van der Waals surface area contributed by atoms with Crippen LogP contribution in [0.2, 0.25) is 0 Å². The highest BCUT2D eigenvalue weighted by Gasteiger charge is 2.21. The Morgan fingerprint density at radius 1 is 1.21 bits per heavy atom. The van der Waals surface area contributed by atoms with Crippen LogP contribution in [0.15, 0.2) is 42.5 Å². The molecule has 0 radical (unpaired) electrons. The molecule has 0 aliphatic carbocycles. The van der Waals surface area contributed by atoms with Gasteiger partial charge in [-0.3, -0.25) is 9.59 Å². The van der Waals surface area contributed by atoms with Crippen LogP contribution in [-0.2, 0) is 11.2 Å². The lowest BCUT2D eigenvalue weighted by atomic mass is 9.98. The maximum Gasteiger partial charge on any atom is 0.308 e. The van der Waals surface area contributed by atoms with Gasteiger partial charge in [-0.1, -0.05) is 24.3 Å². The van der Waals surface area contributed by atoms with E-state index in [2.05, 4.69) is 10.3 Å². The molecule has 1 aromatic carbocycles. The van der Waals surface area contributed by atoms with Crippen molar-refractivity contribution < 1.29 is 19.4 Å². The van der Waals surface area contributed by atoms with Gasteiger partial charge in [-0.05, 0) is 37.1 Å². The number of para-hydroxylation sites is 1. The van der Waals surface area contributed by atoms with Gasteiger partial charge in [0.25, 0.3) is 5.91 Å². The molecule has 6 nitrogen and oxygen atoms in total. The van der Waals surface area contributed by atoms with Crippen molar-refractivity contribution in [2.24, 2.45) is 5.92 Å². The Kier molecular flexibility index (Phi) is 5.89. The number of hydrogen-bond acceptors (Lipinski definition) is 4. The normalized spacial score (nSPS) is 11.6. The highest BCUT2D eigenvalue weighted by atomic mass is 16.5. The standard InChI is InChI=1S/C18H20N2O4/c1-12-6-5-8-15(20-12)17(21)19-11-14(18(22)23)10-13-7-3-4-9-16(13)24-2/h3-9,14H,10-11H2,1-2H3,(H,19,21)(H,22,23). The van der Waals surface area contributed by atoms with Crippen LogP contribution in [-0.4, -0.2) is 35.6 Å². The molecule has 2 N–H and O–H groups in total. The van der Waals surface area contributed by atoms with Crippen LogP contribution >= 0.6 is 0 Å². The van der Waals surface area contributed by atoms with Gasteiger partial charge >= 0.3 is 5.97 Å². The number of aliphatic carboxylic acids is 1. The van der Waals surface area contributed by atoms with Gasteiger partial charge in [0.15, 0.2) is 0 Å². The van der Waals surface area contributed by atoms with Gasteiger partial charge < -0.3 is 15.2 Å². The quantitative estimate of drug-likeness (QED) is 0.812. The Hall–Kier alpha value is -2.89. The Labute approximate surface area is 140 Å². The predicted octanol–water partition coefficient (Wildman–Crippen LogP) is 2.07. The van der Waals surface area contributed by atoms with E-state index in [1.54, 1.807) is 38.3 Å². The van der Waals surface area contributed by atoms with E-state index in [0.717, 1.165) is 11.3 Å². The molecule has 0 spiro atoms. The Balaban J connectivity index is 2.04. The van der Waals surface area contributed by atoms with Crippen LogP contribution in [0, 0.1) is 12.8 Å². The molecule has 1 aromatic heterocycles. The molecule has 1 amide bonds. The number of carbonyl (C=O) groups excluding carboxylic acids is 1. The van der Waals surface area contributed by atoms with Crippen molar-refractivity contribution in [3.63, 3.8) is 0 Å². The van der Waals surface area contributed by atoms with Crippen LogP contribution < -0.4 is 10.1 Å². The van der Waals surface area contributed by atoms with Gasteiger partial charge in [-0.25, -0.2) is 4.98 Å². The number of benzene rings is 1. The van der Waals surface area contributed by atoms with E-state index in [0.29, 0.717) is 5.75 Å². The number of carboxylic acid groups (broad SMARTS) is 1. The van der Waals surface area contributed by atoms with E-state index >= 15 is 0 Å². The minimum absolute atomic E-state index is 0.0157. The molecule has 0 saturated heterocycles. The fourth-order valence-electron chi connectivity index (χ4n) is 2.36. The number of ether oxygens (including phenoxy) is 1. The molecule has 0 aliphatic heterocycles. The monoisotopic (exact) mass is 328 g/mol. The lowest BCUT2D eigenvalue weighted by molar-refractivity contribution is -0.141. The number of aryl methyl sites for hydroxylation is 1. The number of rotatable bonds is 7. The summed E-state index contributed by atoms with van der Waals surface area (Å²) in [7, 11) is 1.54. The number of nitrogens with one attached hydrogen (secondary N) is 1. The average molecular weight is 328 g/mol. The molecule has 126 valence electrons. The topological polar surface area (TPSA) is 88.5 Å². The molecule has 1 atom stereocenters. The van der Waals surface area contributed by atoms with Crippen molar-refractivity contribution in [3.05, 3.63) is 59.4 Å². The summed E-state index contributed by atoms with van der Waals surface area (Å²) >= 11 is 0. The molecule has 2 aromatic rings. The minimum atomic E-state index is -0.974. The van der Waals surface area contributed by atoms with Crippen molar-refractivity contribution >= 4 is 11.9 Å². The number of methoxy groups -OCH3 is 1. The molecule has 24 heavy (non-hydrogen) atoms. The molecule has 6 heteroatoms. The molecule has 0 saturated carbocycles. The van der Waals surface area contributed by atoms with Crippen molar-refractivity contribution in [2.75, 3.05) is 13.7 Å². The zero-order valence-electron chi connectivity index (χ0n) is 13.7. The SMILES string of the molecule is COc1ccccc1CC(CNC(=O)c1cccc(C)n1)C(=O)O. The van der Waals surface area contributed by atoms with Crippen LogP contribution in [0.25, 0.3) is 0 Å². The summed E-state index contributed by atoms with van der Waals surface area (Å²) < 4.78 is 5.24. The van der Waals surface area contributed by atoms with Crippen molar-refractivity contribution in [2.45, 2.75) is 13.3 Å². The largest absolute Gasteiger partial charge is 0.496 e. The smallest absolute Gasteiger partial charge is 0.308 e. The van der Waals surface area contributed by atoms with Gasteiger partial charge in [-0.2, -0.15) is 0 Å². The second-order valence-electron chi connectivity index (χ2n) is 5.43. The lowest BCUT2D eigenvalue weighted by Crippen LogP contribution is -2.34. The average Bonchev–Trinajstić information content (AvgIpc) is 2.58. The maximum atomic E-state index is 12.1. The van der Waals surface area contributed by atoms with Gasteiger partial charge in [-0.15, -0.1) is 0 Å². The maximum absolute atomic E-state index is 12.1. The molecule has 0 aliphatic rings. The molecule has 1 unspecified atom stereocenters. The van der Waals surface area contributed by atoms with Gasteiger partial charge in [0, 0.05) is 12.2 Å². The Bertz CT molecular complexity index is 730. The number of amides is 1. The van der Waals surface area contributed by atoms with Crippen molar-refractivity contribution in [1.82, 2.24) is 10.3 Å². The first-order valence-electron chi connectivity index (χ1n) is 7.58. The minimum Gasteiger partial charge on any atom is -0.496 e. The van der Waals surface area contributed by atoms with Crippen molar-refractivity contribution in [3.8, 4) is 5.75 Å². The summed E-state index contributed by atoms with van der Waals surface area (Å²) in [6, 6.07) is 12.4. The summed E-state index contributed by atoms with van der Waals surface area (Å²) in [6.45, 7) is 1.81. The Morgan fingerprint density at radius 2 is 1.96 bits per heavy atom. The first kappa shape index (κ1) is 17.5. The zero-order chi connectivity index (χ0) is 17.5. The molecule has 2 rings (SSSR count). The third kappa shape index (κ3) is 4.55. The molecular weight excluding hydrogens is 308 g/mol. The number of aromatic nitrogens is 1. The zero-order valence-corrected chi connectivity index (χ0v) is 13.7. The van der Waals surface area contributed by atoms with Crippen LogP contribution in [0.1, 0.15) is 21.7 Å². The number of pyridine rings is 1. The fraction of sp³-hybridized carbons (Fsp3) is 0.278. The summed E-state index contributed by atoms with van der Waals surface area (Å²) in [6.07, 6.45) is 0.265. The fourth-order valence-corrected chi connectivity index (χ4v) is 2.36. The third-order valence-corrected chi connectivity index (χ3v) is 3.64. The number of hydrogen-bond donors (Lipinski definition) is 2. The summed E-state index contributed by atoms with van der Waals surface area (Å²) in [5.74, 6) is -1.48. The van der Waals surface area contributed by atoms with Crippen LogP contribution in [0.4, 0.5) is 0 Å². The van der Waals surface area contributed by atoms with Gasteiger partial charge in [0.05, 0.1) is 13.0 Å². The lowest BCUT2D eigenvalue weighted by Gasteiger charge is -2.15. The van der Waals surface area contributed by atoms with E-state index in [9.17, 15) is 14.7 Å². The van der Waals surface area contributed by atoms with E-state index in [-0.39, 0.29) is 24.6 Å². The van der Waals surface area contributed by atoms with Crippen molar-refractivity contribution in [1.29, 1.82) is 0 Å². The van der Waals surface area contributed by atoms with Gasteiger partial charge in [0.2, 0.25) is 0 Å². The summed E-state index contributed by atoms with van der Waals surface area (Å²) in [4.78, 5) is 27.7. The number of nitrogens with zero attached hydrogens (tertiary/aromatic N) is 1. The summed E-state index contributed by atoms with van der Waals surface area (Å²) in [5.41, 5.74) is 1.79.